The van der Waals surface area contributed by atoms with Gasteiger partial charge in [0.15, 0.2) is 0 Å². The second kappa shape index (κ2) is 7.16. The molecule has 1 aliphatic heterocycles. The van der Waals surface area contributed by atoms with Crippen LogP contribution in [0.4, 0.5) is 23.7 Å². The molecule has 0 spiro atoms. The van der Waals surface area contributed by atoms with Gasteiger partial charge in [0.1, 0.15) is 15.2 Å². The van der Waals surface area contributed by atoms with Gasteiger partial charge in [-0.3, -0.25) is 0 Å². The van der Waals surface area contributed by atoms with Crippen LogP contribution in [0.3, 0.4) is 0 Å². The minimum Gasteiger partial charge on any atom is -0.383 e. The van der Waals surface area contributed by atoms with E-state index in [9.17, 15) is 23.1 Å². The summed E-state index contributed by atoms with van der Waals surface area (Å²) in [4.78, 5) is 18.1. The lowest BCUT2D eigenvalue weighted by Gasteiger charge is -2.36. The number of alkyl halides is 3. The maximum Gasteiger partial charge on any atom is 0.416 e. The van der Waals surface area contributed by atoms with Crippen LogP contribution >= 0.6 is 27.3 Å². The van der Waals surface area contributed by atoms with Crippen molar-refractivity contribution in [3.8, 4) is 0 Å². The summed E-state index contributed by atoms with van der Waals surface area (Å²) < 4.78 is 38.3. The highest BCUT2D eigenvalue weighted by atomic mass is 79.9. The Hall–Kier alpha value is -1.65. The zero-order valence-corrected chi connectivity index (χ0v) is 15.8. The number of nitrogens with one attached hydrogen (secondary N) is 1. The van der Waals surface area contributed by atoms with Crippen molar-refractivity contribution in [3.63, 3.8) is 0 Å². The third kappa shape index (κ3) is 4.18. The fourth-order valence-electron chi connectivity index (χ4n) is 2.71. The molecule has 2 aromatic rings. The largest absolute Gasteiger partial charge is 0.416 e. The Morgan fingerprint density at radius 1 is 1.27 bits per heavy atom. The van der Waals surface area contributed by atoms with Crippen LogP contribution in [0.5, 0.6) is 0 Å². The number of carbonyl (C=O) groups excluding carboxylic acids is 1. The Kier molecular flexibility index (Phi) is 5.27. The Morgan fingerprint density at radius 2 is 1.88 bits per heavy atom. The molecular weight excluding hydrogens is 435 g/mol. The van der Waals surface area contributed by atoms with Crippen LogP contribution in [0.2, 0.25) is 0 Å². The molecule has 1 saturated heterocycles. The van der Waals surface area contributed by atoms with Crippen LogP contribution in [0, 0.1) is 0 Å². The SMILES string of the molecule is O=C(Nc1ccc(C(F)(F)F)cc1)N1CCC(O)(c2nc(Br)cs2)CC1. The maximum atomic E-state index is 12.6. The summed E-state index contributed by atoms with van der Waals surface area (Å²) in [5.41, 5.74) is -1.55. The van der Waals surface area contributed by atoms with Gasteiger partial charge >= 0.3 is 12.2 Å². The molecule has 26 heavy (non-hydrogen) atoms. The van der Waals surface area contributed by atoms with Gasteiger partial charge in [-0.05, 0) is 40.2 Å². The molecule has 140 valence electrons. The van der Waals surface area contributed by atoms with E-state index >= 15 is 0 Å². The average molecular weight is 450 g/mol. The summed E-state index contributed by atoms with van der Waals surface area (Å²) in [7, 11) is 0. The minimum atomic E-state index is -4.41. The lowest BCUT2D eigenvalue weighted by atomic mass is 9.92. The predicted octanol–water partition coefficient (Wildman–Crippen LogP) is 4.44. The first-order valence-electron chi connectivity index (χ1n) is 7.74. The quantitative estimate of drug-likeness (QED) is 0.711. The van der Waals surface area contributed by atoms with Gasteiger partial charge in [0.25, 0.3) is 0 Å². The van der Waals surface area contributed by atoms with Gasteiger partial charge in [0.05, 0.1) is 5.56 Å². The van der Waals surface area contributed by atoms with Crippen molar-refractivity contribution >= 4 is 39.0 Å². The number of anilines is 1. The second-order valence-corrected chi connectivity index (χ2v) is 7.67. The standard InChI is InChI=1S/C16H15BrF3N3O2S/c17-12-9-26-13(22-12)15(25)5-7-23(8-6-15)14(24)21-11-3-1-10(2-4-11)16(18,19)20/h1-4,9,25H,5-8H2,(H,21,24). The van der Waals surface area contributed by atoms with Crippen molar-refractivity contribution in [1.82, 2.24) is 9.88 Å². The number of thiazole rings is 1. The number of rotatable bonds is 2. The van der Waals surface area contributed by atoms with Crippen LogP contribution in [0.25, 0.3) is 0 Å². The summed E-state index contributed by atoms with van der Waals surface area (Å²) in [5.74, 6) is 0. The van der Waals surface area contributed by atoms with Gasteiger partial charge in [0, 0.05) is 37.0 Å². The molecule has 2 amide bonds. The number of amides is 2. The molecule has 0 saturated carbocycles. The van der Waals surface area contributed by atoms with Crippen LogP contribution in [-0.4, -0.2) is 34.1 Å². The number of urea groups is 1. The molecule has 10 heteroatoms. The van der Waals surface area contributed by atoms with E-state index in [0.29, 0.717) is 35.5 Å². The number of benzene rings is 1. The smallest absolute Gasteiger partial charge is 0.383 e. The first kappa shape index (κ1) is 19.1. The minimum absolute atomic E-state index is 0.285. The summed E-state index contributed by atoms with van der Waals surface area (Å²) >= 11 is 4.61. The number of likely N-dealkylation sites (tertiary alicyclic amines) is 1. The third-order valence-corrected chi connectivity index (χ3v) is 5.96. The zero-order chi connectivity index (χ0) is 18.9. The number of aromatic nitrogens is 1. The van der Waals surface area contributed by atoms with Gasteiger partial charge in [-0.2, -0.15) is 13.2 Å². The topological polar surface area (TPSA) is 65.5 Å². The molecule has 5 nitrogen and oxygen atoms in total. The predicted molar refractivity (Wildman–Crippen MR) is 95.0 cm³/mol. The van der Waals surface area contributed by atoms with Crippen molar-refractivity contribution in [2.45, 2.75) is 24.6 Å². The monoisotopic (exact) mass is 449 g/mol. The molecule has 0 aliphatic carbocycles. The average Bonchev–Trinajstić information content (AvgIpc) is 3.02. The van der Waals surface area contributed by atoms with Crippen molar-refractivity contribution in [2.75, 3.05) is 18.4 Å². The highest BCUT2D eigenvalue weighted by Gasteiger charge is 2.38. The fourth-order valence-corrected chi connectivity index (χ4v) is 4.12. The first-order chi connectivity index (χ1) is 12.2. The number of aliphatic hydroxyl groups is 1. The van der Waals surface area contributed by atoms with Gasteiger partial charge in [-0.1, -0.05) is 0 Å². The summed E-state index contributed by atoms with van der Waals surface area (Å²) in [6.07, 6.45) is -3.73. The maximum absolute atomic E-state index is 12.6. The molecule has 0 unspecified atom stereocenters. The summed E-state index contributed by atoms with van der Waals surface area (Å²) in [6.45, 7) is 0.639. The van der Waals surface area contributed by atoms with E-state index < -0.39 is 23.4 Å². The molecule has 3 rings (SSSR count). The molecule has 1 aromatic carbocycles. The highest BCUT2D eigenvalue weighted by Crippen LogP contribution is 2.36. The Balaban J connectivity index is 1.58. The van der Waals surface area contributed by atoms with E-state index in [1.165, 1.54) is 28.4 Å². The van der Waals surface area contributed by atoms with Crippen molar-refractivity contribution < 1.29 is 23.1 Å². The van der Waals surface area contributed by atoms with Crippen molar-refractivity contribution in [1.29, 1.82) is 0 Å². The number of hydrogen-bond donors (Lipinski definition) is 2. The van der Waals surface area contributed by atoms with Gasteiger partial charge in [-0.25, -0.2) is 9.78 Å². The lowest BCUT2D eigenvalue weighted by Crippen LogP contribution is -2.46. The summed E-state index contributed by atoms with van der Waals surface area (Å²) in [6, 6.07) is 3.87. The van der Waals surface area contributed by atoms with Gasteiger partial charge in [0.2, 0.25) is 0 Å². The Bertz CT molecular complexity index is 787. The summed E-state index contributed by atoms with van der Waals surface area (Å²) in [5, 5.41) is 15.7. The van der Waals surface area contributed by atoms with E-state index in [-0.39, 0.29) is 5.69 Å². The fraction of sp³-hybridized carbons (Fsp3) is 0.375. The molecule has 2 N–H and O–H groups in total. The molecule has 0 radical (unpaired) electrons. The van der Waals surface area contributed by atoms with Crippen molar-refractivity contribution in [3.05, 3.63) is 44.8 Å². The Morgan fingerprint density at radius 3 is 2.38 bits per heavy atom. The van der Waals surface area contributed by atoms with E-state index in [4.69, 9.17) is 0 Å². The van der Waals surface area contributed by atoms with Gasteiger partial charge in [-0.15, -0.1) is 11.3 Å². The lowest BCUT2D eigenvalue weighted by molar-refractivity contribution is -0.137. The van der Waals surface area contributed by atoms with Crippen LogP contribution in [0.15, 0.2) is 34.2 Å². The number of nitrogens with zero attached hydrogens (tertiary/aromatic N) is 2. The zero-order valence-electron chi connectivity index (χ0n) is 13.4. The van der Waals surface area contributed by atoms with Crippen molar-refractivity contribution in [2.24, 2.45) is 0 Å². The molecule has 1 fully saturated rings. The molecule has 0 atom stereocenters. The number of piperidine rings is 1. The van der Waals surface area contributed by atoms with Crippen LogP contribution in [-0.2, 0) is 11.8 Å². The van der Waals surface area contributed by atoms with Gasteiger partial charge < -0.3 is 15.3 Å². The molecule has 1 aliphatic rings. The third-order valence-electron chi connectivity index (χ3n) is 4.22. The highest BCUT2D eigenvalue weighted by molar-refractivity contribution is 9.10. The van der Waals surface area contributed by atoms with Crippen LogP contribution in [0.1, 0.15) is 23.4 Å². The number of halogens is 4. The number of carbonyl (C=O) groups is 1. The molecule has 0 bridgehead atoms. The first-order valence-corrected chi connectivity index (χ1v) is 9.42. The Labute approximate surface area is 160 Å². The molecule has 2 heterocycles. The second-order valence-electron chi connectivity index (χ2n) is 6.00. The normalized spacial score (nSPS) is 17.2. The van der Waals surface area contributed by atoms with E-state index in [2.05, 4.69) is 26.2 Å². The van der Waals surface area contributed by atoms with Crippen LogP contribution < -0.4 is 5.32 Å². The number of hydrogen-bond acceptors (Lipinski definition) is 4. The molecular formula is C16H15BrF3N3O2S. The van der Waals surface area contributed by atoms with E-state index in [1.807, 2.05) is 0 Å². The van der Waals surface area contributed by atoms with E-state index in [1.54, 1.807) is 5.38 Å². The van der Waals surface area contributed by atoms with E-state index in [0.717, 1.165) is 12.1 Å². The molecule has 1 aromatic heterocycles.